The Labute approximate surface area is 123 Å². The first-order valence-electron chi connectivity index (χ1n) is 7.72. The smallest absolute Gasteiger partial charge is 0.237 e. The molecule has 1 aliphatic carbocycles. The van der Waals surface area contributed by atoms with Crippen molar-refractivity contribution in [3.05, 3.63) is 0 Å². The van der Waals surface area contributed by atoms with E-state index in [1.54, 1.807) is 0 Å². The molecule has 0 aromatic heterocycles. The molecule has 1 amide bonds. The van der Waals surface area contributed by atoms with Gasteiger partial charge >= 0.3 is 0 Å². The number of carbonyl (C=O) groups excluding carboxylic acids is 1. The molecule has 3 N–H and O–H groups in total. The number of nitrogens with zero attached hydrogens (tertiary/aromatic N) is 1. The topological polar surface area (TPSA) is 67.6 Å². The van der Waals surface area contributed by atoms with Crippen LogP contribution in [0.3, 0.4) is 0 Å². The minimum atomic E-state index is -0.642. The van der Waals surface area contributed by atoms with E-state index in [0.29, 0.717) is 6.42 Å². The predicted molar refractivity (Wildman–Crippen MR) is 81.5 cm³/mol. The SMILES string of the molecule is CCNC(C)(CC(C)N(C)CCOCC1CC1)C(N)=O. The van der Waals surface area contributed by atoms with Crippen molar-refractivity contribution in [2.24, 2.45) is 11.7 Å². The number of hydrogen-bond donors (Lipinski definition) is 2. The van der Waals surface area contributed by atoms with Crippen molar-refractivity contribution in [3.8, 4) is 0 Å². The second kappa shape index (κ2) is 7.96. The second-order valence-corrected chi connectivity index (χ2v) is 6.28. The van der Waals surface area contributed by atoms with Crippen LogP contribution in [0, 0.1) is 5.92 Å². The molecule has 0 bridgehead atoms. The standard InChI is InChI=1S/C15H31N3O2/c1-5-17-15(3,14(16)19)10-12(2)18(4)8-9-20-11-13-6-7-13/h12-13,17H,5-11H2,1-4H3,(H2,16,19). The van der Waals surface area contributed by atoms with Gasteiger partial charge in [0, 0.05) is 19.2 Å². The van der Waals surface area contributed by atoms with Crippen LogP contribution >= 0.6 is 0 Å². The van der Waals surface area contributed by atoms with Crippen LogP contribution in [0.15, 0.2) is 0 Å². The summed E-state index contributed by atoms with van der Waals surface area (Å²) in [6.07, 6.45) is 3.35. The first-order valence-corrected chi connectivity index (χ1v) is 7.72. The van der Waals surface area contributed by atoms with E-state index in [2.05, 4.69) is 24.2 Å². The second-order valence-electron chi connectivity index (χ2n) is 6.28. The number of carbonyl (C=O) groups is 1. The Bertz CT molecular complexity index is 307. The van der Waals surface area contributed by atoms with Gasteiger partial charge in [0.1, 0.15) is 0 Å². The van der Waals surface area contributed by atoms with E-state index in [9.17, 15) is 4.79 Å². The molecule has 1 saturated carbocycles. The van der Waals surface area contributed by atoms with Crippen LogP contribution in [0.1, 0.15) is 40.0 Å². The lowest BCUT2D eigenvalue weighted by Crippen LogP contribution is -2.56. The Morgan fingerprint density at radius 2 is 2.20 bits per heavy atom. The molecule has 5 heteroatoms. The number of amides is 1. The lowest BCUT2D eigenvalue weighted by atomic mass is 9.92. The lowest BCUT2D eigenvalue weighted by Gasteiger charge is -2.34. The normalized spacial score (nSPS) is 19.9. The maximum Gasteiger partial charge on any atom is 0.237 e. The molecule has 2 atom stereocenters. The zero-order chi connectivity index (χ0) is 15.2. The number of rotatable bonds is 11. The van der Waals surface area contributed by atoms with Gasteiger partial charge in [-0.3, -0.25) is 4.79 Å². The molecule has 0 spiro atoms. The molecule has 0 aliphatic heterocycles. The molecule has 1 aliphatic rings. The third kappa shape index (κ3) is 5.77. The molecule has 118 valence electrons. The summed E-state index contributed by atoms with van der Waals surface area (Å²) < 4.78 is 5.65. The van der Waals surface area contributed by atoms with Crippen molar-refractivity contribution in [1.82, 2.24) is 10.2 Å². The van der Waals surface area contributed by atoms with E-state index < -0.39 is 5.54 Å². The number of nitrogens with one attached hydrogen (secondary N) is 1. The van der Waals surface area contributed by atoms with E-state index in [4.69, 9.17) is 10.5 Å². The third-order valence-corrected chi connectivity index (χ3v) is 4.21. The summed E-state index contributed by atoms with van der Waals surface area (Å²) in [5, 5.41) is 3.20. The lowest BCUT2D eigenvalue weighted by molar-refractivity contribution is -0.124. The summed E-state index contributed by atoms with van der Waals surface area (Å²) in [7, 11) is 2.07. The van der Waals surface area contributed by atoms with Crippen molar-refractivity contribution in [2.75, 3.05) is 33.4 Å². The minimum absolute atomic E-state index is 0.274. The van der Waals surface area contributed by atoms with Gasteiger partial charge in [-0.1, -0.05) is 6.92 Å². The van der Waals surface area contributed by atoms with Gasteiger partial charge in [-0.05, 0) is 52.6 Å². The molecule has 0 radical (unpaired) electrons. The van der Waals surface area contributed by atoms with Crippen molar-refractivity contribution in [1.29, 1.82) is 0 Å². The van der Waals surface area contributed by atoms with Gasteiger partial charge in [0.2, 0.25) is 5.91 Å². The Morgan fingerprint density at radius 1 is 1.55 bits per heavy atom. The highest BCUT2D eigenvalue weighted by Gasteiger charge is 2.32. The van der Waals surface area contributed by atoms with Crippen LogP contribution in [-0.4, -0.2) is 55.7 Å². The highest BCUT2D eigenvalue weighted by Crippen LogP contribution is 2.28. The van der Waals surface area contributed by atoms with Gasteiger partial charge in [0.25, 0.3) is 0 Å². The molecule has 2 unspecified atom stereocenters. The van der Waals surface area contributed by atoms with E-state index in [-0.39, 0.29) is 11.9 Å². The highest BCUT2D eigenvalue weighted by atomic mass is 16.5. The van der Waals surface area contributed by atoms with E-state index in [1.165, 1.54) is 12.8 Å². The first-order chi connectivity index (χ1) is 9.39. The monoisotopic (exact) mass is 285 g/mol. The van der Waals surface area contributed by atoms with Crippen molar-refractivity contribution in [2.45, 2.75) is 51.6 Å². The van der Waals surface area contributed by atoms with Gasteiger partial charge in [-0.15, -0.1) is 0 Å². The predicted octanol–water partition coefficient (Wildman–Crippen LogP) is 0.977. The molecule has 0 aromatic rings. The maximum atomic E-state index is 11.6. The zero-order valence-corrected chi connectivity index (χ0v) is 13.4. The van der Waals surface area contributed by atoms with Crippen LogP contribution < -0.4 is 11.1 Å². The summed E-state index contributed by atoms with van der Waals surface area (Å²) in [5.41, 5.74) is 4.88. The first kappa shape index (κ1) is 17.4. The molecule has 5 nitrogen and oxygen atoms in total. The number of hydrogen-bond acceptors (Lipinski definition) is 4. The van der Waals surface area contributed by atoms with Crippen LogP contribution in [0.4, 0.5) is 0 Å². The number of likely N-dealkylation sites (N-methyl/N-ethyl adjacent to an activating group) is 2. The minimum Gasteiger partial charge on any atom is -0.380 e. The van der Waals surface area contributed by atoms with Crippen molar-refractivity contribution in [3.63, 3.8) is 0 Å². The Balaban J connectivity index is 2.29. The average Bonchev–Trinajstić information content (AvgIpc) is 3.18. The fraction of sp³-hybridized carbons (Fsp3) is 0.933. The summed E-state index contributed by atoms with van der Waals surface area (Å²) >= 11 is 0. The molecule has 0 heterocycles. The van der Waals surface area contributed by atoms with Crippen LogP contribution in [-0.2, 0) is 9.53 Å². The summed E-state index contributed by atoms with van der Waals surface area (Å²) in [4.78, 5) is 13.9. The van der Waals surface area contributed by atoms with Gasteiger partial charge in [0.15, 0.2) is 0 Å². The average molecular weight is 285 g/mol. The largest absolute Gasteiger partial charge is 0.380 e. The van der Waals surface area contributed by atoms with E-state index in [1.807, 2.05) is 13.8 Å². The van der Waals surface area contributed by atoms with Gasteiger partial charge in [-0.25, -0.2) is 0 Å². The van der Waals surface area contributed by atoms with Gasteiger partial charge in [-0.2, -0.15) is 0 Å². The summed E-state index contributed by atoms with van der Waals surface area (Å²) in [5.74, 6) is 0.522. The van der Waals surface area contributed by atoms with Crippen LogP contribution in [0.25, 0.3) is 0 Å². The molecule has 0 saturated heterocycles. The Kier molecular flexibility index (Phi) is 6.92. The summed E-state index contributed by atoms with van der Waals surface area (Å²) in [6.45, 7) is 9.27. The van der Waals surface area contributed by atoms with Gasteiger partial charge < -0.3 is 20.7 Å². The fourth-order valence-electron chi connectivity index (χ4n) is 2.36. The molecule has 1 rings (SSSR count). The zero-order valence-electron chi connectivity index (χ0n) is 13.4. The fourth-order valence-corrected chi connectivity index (χ4v) is 2.36. The Morgan fingerprint density at radius 3 is 2.70 bits per heavy atom. The molecular formula is C15H31N3O2. The maximum absolute atomic E-state index is 11.6. The van der Waals surface area contributed by atoms with Crippen LogP contribution in [0.5, 0.6) is 0 Å². The van der Waals surface area contributed by atoms with Crippen molar-refractivity contribution < 1.29 is 9.53 Å². The summed E-state index contributed by atoms with van der Waals surface area (Å²) in [6, 6.07) is 0.274. The van der Waals surface area contributed by atoms with E-state index in [0.717, 1.165) is 32.2 Å². The van der Waals surface area contributed by atoms with Crippen LogP contribution in [0.2, 0.25) is 0 Å². The number of ether oxygens (including phenoxy) is 1. The third-order valence-electron chi connectivity index (χ3n) is 4.21. The molecular weight excluding hydrogens is 254 g/mol. The van der Waals surface area contributed by atoms with Crippen molar-refractivity contribution >= 4 is 5.91 Å². The Hall–Kier alpha value is -0.650. The van der Waals surface area contributed by atoms with Gasteiger partial charge in [0.05, 0.1) is 12.1 Å². The molecule has 20 heavy (non-hydrogen) atoms. The number of nitrogens with two attached hydrogens (primary N) is 1. The quantitative estimate of drug-likeness (QED) is 0.555. The highest BCUT2D eigenvalue weighted by molar-refractivity contribution is 5.84. The molecule has 0 aromatic carbocycles. The number of primary amides is 1. The molecule has 1 fully saturated rings. The van der Waals surface area contributed by atoms with E-state index >= 15 is 0 Å².